The molecule has 2 aliphatic heterocycles. The van der Waals surface area contributed by atoms with Crippen molar-refractivity contribution in [3.63, 3.8) is 0 Å². The summed E-state index contributed by atoms with van der Waals surface area (Å²) < 4.78 is 17.4. The summed E-state index contributed by atoms with van der Waals surface area (Å²) in [4.78, 5) is 2.77. The molecule has 4 atom stereocenters. The molecule has 0 amide bonds. The Balaban J connectivity index is 1.25. The minimum Gasteiger partial charge on any atom is -0.504 e. The number of halogens is 2. The number of hydrogen-bond acceptors (Lipinski definition) is 4. The van der Waals surface area contributed by atoms with Crippen LogP contribution in [0.3, 0.4) is 0 Å². The van der Waals surface area contributed by atoms with Gasteiger partial charge in [0.15, 0.2) is 17.6 Å². The first-order valence-corrected chi connectivity index (χ1v) is 19.0. The van der Waals surface area contributed by atoms with Gasteiger partial charge < -0.3 is 19.1 Å². The number of ether oxygens (including phenoxy) is 2. The predicted molar refractivity (Wildman–Crippen MR) is 199 cm³/mol. The van der Waals surface area contributed by atoms with E-state index in [1.165, 1.54) is 51.7 Å². The Labute approximate surface area is 303 Å². The minimum atomic E-state index is -0.588. The fourth-order valence-electron chi connectivity index (χ4n) is 10.3. The zero-order chi connectivity index (χ0) is 33.9. The van der Waals surface area contributed by atoms with Gasteiger partial charge in [-0.2, -0.15) is 0 Å². The second-order valence-corrected chi connectivity index (χ2v) is 16.7. The molecule has 1 saturated carbocycles. The summed E-state index contributed by atoms with van der Waals surface area (Å²) in [6.45, 7) is 7.76. The Morgan fingerprint density at radius 2 is 1.74 bits per heavy atom. The second kappa shape index (κ2) is 11.3. The number of aromatic nitrogens is 1. The lowest BCUT2D eigenvalue weighted by atomic mass is 9.48. The molecule has 1 aromatic heterocycles. The third-order valence-electron chi connectivity index (χ3n) is 12.7. The number of benzene rings is 4. The lowest BCUT2D eigenvalue weighted by Gasteiger charge is -2.64. The molecule has 4 aromatic carbocycles. The van der Waals surface area contributed by atoms with Crippen LogP contribution in [0.5, 0.6) is 11.5 Å². The van der Waals surface area contributed by atoms with Gasteiger partial charge in [-0.25, -0.2) is 0 Å². The summed E-state index contributed by atoms with van der Waals surface area (Å²) in [5, 5.41) is 14.2. The SMILES string of the molecule is CC(C)c1ccc2c(c1)c1c(n2Cc2cccc(Cl)c2)[C@@H]2Oc3c(O)ccc4c3[C@@]23CCN(CC2CC2)[C@H](C4)[C@]3(OCc2cccc(Cl)c2)C1. The summed E-state index contributed by atoms with van der Waals surface area (Å²) in [5.74, 6) is 2.02. The molecule has 2 fully saturated rings. The Kier molecular flexibility index (Phi) is 7.04. The van der Waals surface area contributed by atoms with E-state index in [-0.39, 0.29) is 17.9 Å². The highest BCUT2D eigenvalue weighted by Crippen LogP contribution is 2.70. The lowest BCUT2D eigenvalue weighted by Crippen LogP contribution is -2.75. The molecule has 5 aromatic rings. The molecule has 10 rings (SSSR count). The van der Waals surface area contributed by atoms with Crippen molar-refractivity contribution in [2.75, 3.05) is 13.1 Å². The Morgan fingerprint density at radius 1 is 0.960 bits per heavy atom. The topological polar surface area (TPSA) is 46.9 Å². The molecule has 5 nitrogen and oxygen atoms in total. The monoisotopic (exact) mass is 704 g/mol. The normalized spacial score (nSPS) is 26.3. The van der Waals surface area contributed by atoms with Crippen LogP contribution in [0.15, 0.2) is 78.9 Å². The largest absolute Gasteiger partial charge is 0.504 e. The molecular weight excluding hydrogens is 663 g/mol. The van der Waals surface area contributed by atoms with E-state index in [1.54, 1.807) is 0 Å². The van der Waals surface area contributed by atoms with Crippen molar-refractivity contribution in [2.45, 2.75) is 88.2 Å². The summed E-state index contributed by atoms with van der Waals surface area (Å²) in [6.07, 6.45) is 4.83. The highest BCUT2D eigenvalue weighted by molar-refractivity contribution is 6.30. The molecule has 2 bridgehead atoms. The maximum Gasteiger partial charge on any atom is 0.166 e. The van der Waals surface area contributed by atoms with Gasteiger partial charge in [0.25, 0.3) is 0 Å². The number of rotatable bonds is 8. The number of likely N-dealkylation sites (tertiary alicyclic amines) is 1. The van der Waals surface area contributed by atoms with Gasteiger partial charge in [0.05, 0.1) is 17.7 Å². The van der Waals surface area contributed by atoms with Crippen molar-refractivity contribution >= 4 is 34.1 Å². The molecule has 1 spiro atoms. The van der Waals surface area contributed by atoms with E-state index in [0.717, 1.165) is 59.4 Å². The zero-order valence-electron chi connectivity index (χ0n) is 28.6. The van der Waals surface area contributed by atoms with Crippen molar-refractivity contribution < 1.29 is 14.6 Å². The van der Waals surface area contributed by atoms with Gasteiger partial charge in [0.1, 0.15) is 5.60 Å². The van der Waals surface area contributed by atoms with E-state index in [9.17, 15) is 5.11 Å². The van der Waals surface area contributed by atoms with Crippen molar-refractivity contribution in [1.29, 1.82) is 0 Å². The van der Waals surface area contributed by atoms with Gasteiger partial charge in [-0.05, 0) is 114 Å². The van der Waals surface area contributed by atoms with Gasteiger partial charge in [-0.15, -0.1) is 0 Å². The van der Waals surface area contributed by atoms with E-state index in [1.807, 2.05) is 36.4 Å². The maximum atomic E-state index is 11.5. The van der Waals surface area contributed by atoms with E-state index in [4.69, 9.17) is 32.7 Å². The Morgan fingerprint density at radius 3 is 2.50 bits per heavy atom. The third-order valence-corrected chi connectivity index (χ3v) is 13.2. The van der Waals surface area contributed by atoms with Gasteiger partial charge in [-0.1, -0.05) is 73.4 Å². The minimum absolute atomic E-state index is 0.165. The quantitative estimate of drug-likeness (QED) is 0.175. The van der Waals surface area contributed by atoms with Crippen LogP contribution in [-0.4, -0.2) is 39.3 Å². The first-order chi connectivity index (χ1) is 24.3. The van der Waals surface area contributed by atoms with E-state index < -0.39 is 11.0 Å². The molecule has 256 valence electrons. The number of hydrogen-bond donors (Lipinski definition) is 1. The first kappa shape index (κ1) is 31.3. The van der Waals surface area contributed by atoms with Gasteiger partial charge in [-0.3, -0.25) is 4.90 Å². The Bertz CT molecular complexity index is 2190. The smallest absolute Gasteiger partial charge is 0.166 e. The molecule has 1 N–H and O–H groups in total. The van der Waals surface area contributed by atoms with Gasteiger partial charge >= 0.3 is 0 Å². The fourth-order valence-corrected chi connectivity index (χ4v) is 10.7. The number of phenolic OH excluding ortho intramolecular Hbond substituents is 1. The highest BCUT2D eigenvalue weighted by atomic mass is 35.5. The van der Waals surface area contributed by atoms with E-state index in [2.05, 4.69) is 65.8 Å². The van der Waals surface area contributed by atoms with Crippen LogP contribution in [0, 0.1) is 5.92 Å². The van der Waals surface area contributed by atoms with E-state index in [0.29, 0.717) is 24.8 Å². The van der Waals surface area contributed by atoms with Crippen LogP contribution < -0.4 is 4.74 Å². The predicted octanol–water partition coefficient (Wildman–Crippen LogP) is 9.75. The molecule has 0 radical (unpaired) electrons. The first-order valence-electron chi connectivity index (χ1n) is 18.3. The highest BCUT2D eigenvalue weighted by Gasteiger charge is 2.74. The van der Waals surface area contributed by atoms with Crippen LogP contribution in [0.25, 0.3) is 10.9 Å². The fraction of sp³-hybridized carbons (Fsp3) is 0.395. The van der Waals surface area contributed by atoms with Crippen molar-refractivity contribution in [1.82, 2.24) is 9.47 Å². The van der Waals surface area contributed by atoms with Crippen LogP contribution >= 0.6 is 23.2 Å². The van der Waals surface area contributed by atoms with Crippen molar-refractivity contribution in [3.8, 4) is 11.5 Å². The summed E-state index contributed by atoms with van der Waals surface area (Å²) in [6, 6.07) is 27.5. The Hall–Kier alpha value is -3.48. The summed E-state index contributed by atoms with van der Waals surface area (Å²) in [5.41, 5.74) is 8.66. The van der Waals surface area contributed by atoms with Gasteiger partial charge in [0, 0.05) is 52.1 Å². The maximum absolute atomic E-state index is 11.5. The van der Waals surface area contributed by atoms with Crippen LogP contribution in [0.4, 0.5) is 0 Å². The van der Waals surface area contributed by atoms with Crippen LogP contribution in [0.2, 0.25) is 10.0 Å². The van der Waals surface area contributed by atoms with Gasteiger partial charge in [0.2, 0.25) is 0 Å². The molecule has 5 aliphatic rings. The molecule has 3 heterocycles. The van der Waals surface area contributed by atoms with E-state index >= 15 is 0 Å². The molecule has 50 heavy (non-hydrogen) atoms. The van der Waals surface area contributed by atoms with Crippen LogP contribution in [0.1, 0.15) is 84.2 Å². The summed E-state index contributed by atoms with van der Waals surface area (Å²) >= 11 is 13.1. The summed E-state index contributed by atoms with van der Waals surface area (Å²) in [7, 11) is 0. The molecule has 1 saturated heterocycles. The second-order valence-electron chi connectivity index (χ2n) is 15.8. The number of aromatic hydroxyl groups is 1. The molecule has 7 heteroatoms. The number of nitrogens with zero attached hydrogens (tertiary/aromatic N) is 2. The average molecular weight is 706 g/mol. The van der Waals surface area contributed by atoms with Crippen molar-refractivity contribution in [2.24, 2.45) is 5.92 Å². The molecular formula is C43H42Cl2N2O3. The average Bonchev–Trinajstić information content (AvgIpc) is 3.78. The lowest BCUT2D eigenvalue weighted by molar-refractivity contribution is -0.211. The van der Waals surface area contributed by atoms with Crippen LogP contribution in [-0.2, 0) is 36.1 Å². The number of fused-ring (bicyclic) bond motifs is 4. The number of phenols is 1. The third kappa shape index (κ3) is 4.46. The van der Waals surface area contributed by atoms with Crippen molar-refractivity contribution in [3.05, 3.63) is 128 Å². The zero-order valence-corrected chi connectivity index (χ0v) is 30.1. The molecule has 0 unspecified atom stereocenters. The molecule has 3 aliphatic carbocycles. The number of piperidine rings is 1. The standard InChI is InChI=1S/C43H42Cl2N2O3/c1-25(2)29-11-13-35-33(19-29)34-21-43(49-24-28-6-4-8-32(45)18-28)37-20-30-12-14-36(48)40-38(30)42(43,15-16-46(37)22-26-9-10-26)41(50-40)39(34)47(35)23-27-5-3-7-31(44)17-27/h3-8,11-14,17-19,25-26,37,41,48H,9-10,15-16,20-24H2,1-2H3/t37-,41+,42+,43-/m1/s1.